The lowest BCUT2D eigenvalue weighted by Crippen LogP contribution is -2.24. The molecule has 20 heavy (non-hydrogen) atoms. The van der Waals surface area contributed by atoms with E-state index in [1.807, 2.05) is 0 Å². The normalized spacial score (nSPS) is 25.6. The van der Waals surface area contributed by atoms with Crippen LogP contribution in [0.2, 0.25) is 0 Å². The Kier molecular flexibility index (Phi) is 4.06. The third kappa shape index (κ3) is 3.40. The van der Waals surface area contributed by atoms with E-state index in [4.69, 9.17) is 0 Å². The molecule has 1 N–H and O–H groups in total. The van der Waals surface area contributed by atoms with Crippen molar-refractivity contribution in [1.82, 2.24) is 10.2 Å². The van der Waals surface area contributed by atoms with E-state index in [9.17, 15) is 4.79 Å². The van der Waals surface area contributed by atoms with Gasteiger partial charge in [0.05, 0.1) is 0 Å². The van der Waals surface area contributed by atoms with Crippen molar-refractivity contribution in [3.05, 3.63) is 35.4 Å². The molecule has 1 saturated heterocycles. The smallest absolute Gasteiger partial charge is 0.223 e. The SMILES string of the molecule is CC1CC1C(=O)NCc1ccc(CN2CCCC2)cc1. The number of likely N-dealkylation sites (tertiary alicyclic amines) is 1. The van der Waals surface area contributed by atoms with Gasteiger partial charge < -0.3 is 5.32 Å². The van der Waals surface area contributed by atoms with Crippen LogP contribution in [0.25, 0.3) is 0 Å². The van der Waals surface area contributed by atoms with Gasteiger partial charge in [0.1, 0.15) is 0 Å². The molecule has 2 aliphatic rings. The van der Waals surface area contributed by atoms with Gasteiger partial charge in [-0.05, 0) is 49.4 Å². The standard InChI is InChI=1S/C17H24N2O/c1-13-10-16(13)17(20)18-11-14-4-6-15(7-5-14)12-19-8-2-3-9-19/h4-7,13,16H,2-3,8-12H2,1H3,(H,18,20). The summed E-state index contributed by atoms with van der Waals surface area (Å²) in [5, 5.41) is 3.03. The minimum atomic E-state index is 0.221. The van der Waals surface area contributed by atoms with Crippen LogP contribution in [0.15, 0.2) is 24.3 Å². The maximum absolute atomic E-state index is 11.8. The maximum atomic E-state index is 11.8. The molecular weight excluding hydrogens is 248 g/mol. The second kappa shape index (κ2) is 5.96. The Morgan fingerprint density at radius 3 is 2.40 bits per heavy atom. The maximum Gasteiger partial charge on any atom is 0.223 e. The Balaban J connectivity index is 1.47. The van der Waals surface area contributed by atoms with E-state index < -0.39 is 0 Å². The second-order valence-corrected chi connectivity index (χ2v) is 6.34. The number of rotatable bonds is 5. The highest BCUT2D eigenvalue weighted by molar-refractivity contribution is 5.81. The molecular formula is C17H24N2O. The summed E-state index contributed by atoms with van der Waals surface area (Å²) < 4.78 is 0. The highest BCUT2D eigenvalue weighted by atomic mass is 16.2. The van der Waals surface area contributed by atoms with Gasteiger partial charge >= 0.3 is 0 Å². The van der Waals surface area contributed by atoms with Crippen molar-refractivity contribution in [3.63, 3.8) is 0 Å². The van der Waals surface area contributed by atoms with Crippen LogP contribution in [0.3, 0.4) is 0 Å². The van der Waals surface area contributed by atoms with E-state index in [1.54, 1.807) is 0 Å². The van der Waals surface area contributed by atoms with Crippen LogP contribution < -0.4 is 5.32 Å². The lowest BCUT2D eigenvalue weighted by molar-refractivity contribution is -0.122. The van der Waals surface area contributed by atoms with Crippen molar-refractivity contribution in [3.8, 4) is 0 Å². The summed E-state index contributed by atoms with van der Waals surface area (Å²) in [7, 11) is 0. The van der Waals surface area contributed by atoms with Crippen LogP contribution in [0, 0.1) is 11.8 Å². The Morgan fingerprint density at radius 1 is 1.20 bits per heavy atom. The molecule has 1 aliphatic carbocycles. The molecule has 1 aliphatic heterocycles. The highest BCUT2D eigenvalue weighted by Crippen LogP contribution is 2.37. The lowest BCUT2D eigenvalue weighted by Gasteiger charge is -2.14. The minimum absolute atomic E-state index is 0.221. The van der Waals surface area contributed by atoms with Crippen LogP contribution in [0.4, 0.5) is 0 Å². The van der Waals surface area contributed by atoms with Crippen LogP contribution in [-0.2, 0) is 17.9 Å². The van der Waals surface area contributed by atoms with E-state index in [0.29, 0.717) is 12.5 Å². The van der Waals surface area contributed by atoms with Crippen molar-refractivity contribution < 1.29 is 4.79 Å². The van der Waals surface area contributed by atoms with Crippen molar-refractivity contribution in [1.29, 1.82) is 0 Å². The molecule has 3 nitrogen and oxygen atoms in total. The first-order valence-corrected chi connectivity index (χ1v) is 7.80. The monoisotopic (exact) mass is 272 g/mol. The Morgan fingerprint density at radius 2 is 1.80 bits per heavy atom. The van der Waals surface area contributed by atoms with Gasteiger partial charge in [0.15, 0.2) is 0 Å². The van der Waals surface area contributed by atoms with E-state index in [1.165, 1.54) is 37.1 Å². The highest BCUT2D eigenvalue weighted by Gasteiger charge is 2.38. The summed E-state index contributed by atoms with van der Waals surface area (Å²) in [5.74, 6) is 1.07. The van der Waals surface area contributed by atoms with E-state index in [2.05, 4.69) is 41.4 Å². The van der Waals surface area contributed by atoms with Gasteiger partial charge in [-0.3, -0.25) is 9.69 Å². The molecule has 1 saturated carbocycles. The van der Waals surface area contributed by atoms with Crippen LogP contribution in [-0.4, -0.2) is 23.9 Å². The first-order chi connectivity index (χ1) is 9.72. The van der Waals surface area contributed by atoms with Gasteiger partial charge in [-0.15, -0.1) is 0 Å². The molecule has 1 aromatic rings. The number of nitrogens with one attached hydrogen (secondary N) is 1. The topological polar surface area (TPSA) is 32.3 Å². The molecule has 3 heteroatoms. The van der Waals surface area contributed by atoms with Crippen molar-refractivity contribution >= 4 is 5.91 Å². The zero-order chi connectivity index (χ0) is 13.9. The van der Waals surface area contributed by atoms with Crippen molar-refractivity contribution in [2.45, 2.75) is 39.3 Å². The Hall–Kier alpha value is -1.35. The number of hydrogen-bond acceptors (Lipinski definition) is 2. The summed E-state index contributed by atoms with van der Waals surface area (Å²) in [6.45, 7) is 6.32. The quantitative estimate of drug-likeness (QED) is 0.893. The van der Waals surface area contributed by atoms with Crippen LogP contribution in [0.1, 0.15) is 37.3 Å². The summed E-state index contributed by atoms with van der Waals surface area (Å²) in [6, 6.07) is 8.67. The summed E-state index contributed by atoms with van der Waals surface area (Å²) in [4.78, 5) is 14.3. The summed E-state index contributed by atoms with van der Waals surface area (Å²) in [5.41, 5.74) is 2.56. The number of benzene rings is 1. The molecule has 0 spiro atoms. The molecule has 2 atom stereocenters. The number of carbonyl (C=O) groups is 1. The average molecular weight is 272 g/mol. The van der Waals surface area contributed by atoms with Gasteiger partial charge in [0, 0.05) is 19.0 Å². The van der Waals surface area contributed by atoms with Crippen LogP contribution >= 0.6 is 0 Å². The third-order valence-electron chi connectivity index (χ3n) is 4.54. The molecule has 0 aromatic heterocycles. The Labute approximate surface area is 121 Å². The van der Waals surface area contributed by atoms with Gasteiger partial charge in [-0.25, -0.2) is 0 Å². The third-order valence-corrected chi connectivity index (χ3v) is 4.54. The fourth-order valence-corrected chi connectivity index (χ4v) is 2.97. The summed E-state index contributed by atoms with van der Waals surface area (Å²) in [6.07, 6.45) is 3.73. The zero-order valence-electron chi connectivity index (χ0n) is 12.3. The molecule has 2 unspecified atom stereocenters. The number of carbonyl (C=O) groups excluding carboxylic acids is 1. The second-order valence-electron chi connectivity index (χ2n) is 6.34. The van der Waals surface area contributed by atoms with E-state index in [0.717, 1.165) is 13.0 Å². The molecule has 3 rings (SSSR count). The van der Waals surface area contributed by atoms with Crippen molar-refractivity contribution in [2.75, 3.05) is 13.1 Å². The van der Waals surface area contributed by atoms with Gasteiger partial charge in [-0.1, -0.05) is 31.2 Å². The largest absolute Gasteiger partial charge is 0.352 e. The zero-order valence-corrected chi connectivity index (χ0v) is 12.3. The lowest BCUT2D eigenvalue weighted by atomic mass is 10.1. The molecule has 1 aromatic carbocycles. The fraction of sp³-hybridized carbons (Fsp3) is 0.588. The Bertz CT molecular complexity index is 462. The van der Waals surface area contributed by atoms with E-state index >= 15 is 0 Å². The van der Waals surface area contributed by atoms with Gasteiger partial charge in [0.2, 0.25) is 5.91 Å². The first kappa shape index (κ1) is 13.6. The molecule has 0 radical (unpaired) electrons. The van der Waals surface area contributed by atoms with Crippen molar-refractivity contribution in [2.24, 2.45) is 11.8 Å². The molecule has 0 bridgehead atoms. The average Bonchev–Trinajstić information content (AvgIpc) is 2.98. The molecule has 1 heterocycles. The predicted molar refractivity (Wildman–Crippen MR) is 80.1 cm³/mol. The molecule has 2 fully saturated rings. The molecule has 108 valence electrons. The number of amides is 1. The first-order valence-electron chi connectivity index (χ1n) is 7.80. The molecule has 1 amide bonds. The minimum Gasteiger partial charge on any atom is -0.352 e. The predicted octanol–water partition coefficient (Wildman–Crippen LogP) is 2.55. The van der Waals surface area contributed by atoms with Crippen LogP contribution in [0.5, 0.6) is 0 Å². The summed E-state index contributed by atoms with van der Waals surface area (Å²) >= 11 is 0. The number of nitrogens with zero attached hydrogens (tertiary/aromatic N) is 1. The van der Waals surface area contributed by atoms with Gasteiger partial charge in [-0.2, -0.15) is 0 Å². The van der Waals surface area contributed by atoms with E-state index in [-0.39, 0.29) is 11.8 Å². The fourth-order valence-electron chi connectivity index (χ4n) is 2.97. The van der Waals surface area contributed by atoms with Gasteiger partial charge in [0.25, 0.3) is 0 Å². The number of hydrogen-bond donors (Lipinski definition) is 1.